The molecule has 0 radical (unpaired) electrons. The van der Waals surface area contributed by atoms with E-state index in [0.29, 0.717) is 25.4 Å². The second-order valence-corrected chi connectivity index (χ2v) is 9.17. The highest BCUT2D eigenvalue weighted by Gasteiger charge is 2.31. The van der Waals surface area contributed by atoms with Crippen molar-refractivity contribution >= 4 is 21.6 Å². The molecule has 2 aromatic rings. The summed E-state index contributed by atoms with van der Waals surface area (Å²) in [6.07, 6.45) is 4.55. The van der Waals surface area contributed by atoms with Crippen LogP contribution >= 0.6 is 0 Å². The van der Waals surface area contributed by atoms with Gasteiger partial charge in [0.25, 0.3) is 0 Å². The fourth-order valence-corrected chi connectivity index (χ4v) is 5.11. The van der Waals surface area contributed by atoms with E-state index in [1.54, 1.807) is 19.1 Å². The minimum Gasteiger partial charge on any atom is -0.492 e. The van der Waals surface area contributed by atoms with E-state index in [9.17, 15) is 13.2 Å². The van der Waals surface area contributed by atoms with Gasteiger partial charge in [0, 0.05) is 18.8 Å². The van der Waals surface area contributed by atoms with Gasteiger partial charge in [-0.3, -0.25) is 4.79 Å². The number of nitrogens with one attached hydrogen (secondary N) is 1. The van der Waals surface area contributed by atoms with E-state index >= 15 is 0 Å². The molecule has 1 saturated heterocycles. The Balaban J connectivity index is 1.91. The molecule has 158 valence electrons. The van der Waals surface area contributed by atoms with Gasteiger partial charge in [0.1, 0.15) is 29.3 Å². The zero-order chi connectivity index (χ0) is 21.0. The first-order chi connectivity index (χ1) is 13.8. The summed E-state index contributed by atoms with van der Waals surface area (Å²) in [4.78, 5) is 16.9. The predicted octanol–water partition coefficient (Wildman–Crippen LogP) is 2.30. The highest BCUT2D eigenvalue weighted by molar-refractivity contribution is 7.89. The van der Waals surface area contributed by atoms with Crippen molar-refractivity contribution in [2.45, 2.75) is 44.6 Å². The molecule has 0 bridgehead atoms. The molecule has 1 amide bonds. The summed E-state index contributed by atoms with van der Waals surface area (Å²) in [5.41, 5.74) is 0.391. The summed E-state index contributed by atoms with van der Waals surface area (Å²) < 4.78 is 34.7. The van der Waals surface area contributed by atoms with Gasteiger partial charge in [0.05, 0.1) is 6.61 Å². The molecule has 1 aromatic carbocycles. The number of aromatic nitrogens is 3. The van der Waals surface area contributed by atoms with E-state index in [2.05, 4.69) is 15.4 Å². The van der Waals surface area contributed by atoms with E-state index in [0.717, 1.165) is 12.8 Å². The number of rotatable bonds is 8. The first kappa shape index (κ1) is 21.3. The zero-order valence-corrected chi connectivity index (χ0v) is 17.7. The molecule has 1 unspecified atom stereocenters. The summed E-state index contributed by atoms with van der Waals surface area (Å²) in [5.74, 6) is -0.0412. The predicted molar refractivity (Wildman–Crippen MR) is 108 cm³/mol. The normalized spacial score (nSPS) is 16.1. The molecular weight excluding hydrogens is 394 g/mol. The van der Waals surface area contributed by atoms with Crippen molar-refractivity contribution < 1.29 is 17.9 Å². The number of carbonyl (C=O) groups excluding carboxylic acids is 1. The van der Waals surface area contributed by atoms with Crippen LogP contribution in [0.5, 0.6) is 5.75 Å². The SMILES string of the molecule is CCOc1ccc(NC(=O)C(C(C)C)n2cncn2)cc1S(=O)(=O)N1CCCC1. The molecule has 29 heavy (non-hydrogen) atoms. The average Bonchev–Trinajstić information content (AvgIpc) is 3.37. The van der Waals surface area contributed by atoms with Crippen LogP contribution in [0.3, 0.4) is 0 Å². The Hall–Kier alpha value is -2.46. The van der Waals surface area contributed by atoms with Crippen LogP contribution in [0.2, 0.25) is 0 Å². The summed E-state index contributed by atoms with van der Waals surface area (Å²) in [6.45, 7) is 6.95. The van der Waals surface area contributed by atoms with Crippen molar-refractivity contribution in [2.75, 3.05) is 25.0 Å². The lowest BCUT2D eigenvalue weighted by Gasteiger charge is -2.21. The minimum atomic E-state index is -3.70. The van der Waals surface area contributed by atoms with Gasteiger partial charge in [-0.25, -0.2) is 18.1 Å². The molecular formula is C19H27N5O4S. The fraction of sp³-hybridized carbons (Fsp3) is 0.526. The molecule has 1 atom stereocenters. The Labute approximate surface area is 171 Å². The van der Waals surface area contributed by atoms with Gasteiger partial charge >= 0.3 is 0 Å². The van der Waals surface area contributed by atoms with Crippen LogP contribution < -0.4 is 10.1 Å². The van der Waals surface area contributed by atoms with Gasteiger partial charge in [0.15, 0.2) is 0 Å². The first-order valence-corrected chi connectivity index (χ1v) is 11.2. The second-order valence-electron chi connectivity index (χ2n) is 7.26. The Morgan fingerprint density at radius 1 is 1.28 bits per heavy atom. The third-order valence-electron chi connectivity index (χ3n) is 4.82. The smallest absolute Gasteiger partial charge is 0.249 e. The lowest BCUT2D eigenvalue weighted by Crippen LogP contribution is -2.31. The molecule has 1 fully saturated rings. The van der Waals surface area contributed by atoms with Crippen molar-refractivity contribution in [3.63, 3.8) is 0 Å². The third-order valence-corrected chi connectivity index (χ3v) is 6.74. The number of hydrogen-bond acceptors (Lipinski definition) is 6. The molecule has 0 saturated carbocycles. The van der Waals surface area contributed by atoms with Gasteiger partial charge in [-0.1, -0.05) is 13.8 Å². The van der Waals surface area contributed by atoms with Gasteiger partial charge in [-0.15, -0.1) is 0 Å². The lowest BCUT2D eigenvalue weighted by atomic mass is 10.0. The summed E-state index contributed by atoms with van der Waals surface area (Å²) in [7, 11) is -3.70. The molecule has 3 rings (SSSR count). The minimum absolute atomic E-state index is 0.0350. The molecule has 1 aromatic heterocycles. The molecule has 1 aliphatic heterocycles. The van der Waals surface area contributed by atoms with Crippen LogP contribution in [-0.2, 0) is 14.8 Å². The van der Waals surface area contributed by atoms with Crippen LogP contribution in [0, 0.1) is 5.92 Å². The quantitative estimate of drug-likeness (QED) is 0.701. The highest BCUT2D eigenvalue weighted by Crippen LogP contribution is 2.32. The monoisotopic (exact) mass is 421 g/mol. The Bertz CT molecular complexity index is 938. The van der Waals surface area contributed by atoms with Crippen LogP contribution in [0.15, 0.2) is 35.7 Å². The van der Waals surface area contributed by atoms with Gasteiger partial charge in [-0.2, -0.15) is 9.40 Å². The standard InChI is InChI=1S/C19H27N5O4S/c1-4-28-16-8-7-15(11-17(16)29(26,27)23-9-5-6-10-23)22-19(25)18(14(2)3)24-13-20-12-21-24/h7-8,11-14,18H,4-6,9-10H2,1-3H3,(H,22,25). The molecule has 0 aliphatic carbocycles. The number of carbonyl (C=O) groups is 1. The number of sulfonamides is 1. The maximum Gasteiger partial charge on any atom is 0.249 e. The topological polar surface area (TPSA) is 106 Å². The Kier molecular flexibility index (Phi) is 6.53. The van der Waals surface area contributed by atoms with Crippen molar-refractivity contribution in [2.24, 2.45) is 5.92 Å². The van der Waals surface area contributed by atoms with Crippen LogP contribution in [0.1, 0.15) is 39.7 Å². The van der Waals surface area contributed by atoms with E-state index in [1.807, 2.05) is 13.8 Å². The van der Waals surface area contributed by atoms with Crippen molar-refractivity contribution in [1.29, 1.82) is 0 Å². The molecule has 2 heterocycles. The summed E-state index contributed by atoms with van der Waals surface area (Å²) in [6, 6.07) is 4.13. The van der Waals surface area contributed by atoms with Crippen LogP contribution in [0.4, 0.5) is 5.69 Å². The Morgan fingerprint density at radius 2 is 2.00 bits per heavy atom. The van der Waals surface area contributed by atoms with Crippen molar-refractivity contribution in [1.82, 2.24) is 19.1 Å². The Morgan fingerprint density at radius 3 is 2.59 bits per heavy atom. The largest absolute Gasteiger partial charge is 0.492 e. The average molecular weight is 422 g/mol. The van der Waals surface area contributed by atoms with Crippen molar-refractivity contribution in [3.8, 4) is 5.75 Å². The highest BCUT2D eigenvalue weighted by atomic mass is 32.2. The van der Waals surface area contributed by atoms with Gasteiger partial charge in [-0.05, 0) is 43.9 Å². The van der Waals surface area contributed by atoms with Crippen molar-refractivity contribution in [3.05, 3.63) is 30.9 Å². The second kappa shape index (κ2) is 8.91. The number of ether oxygens (including phenoxy) is 1. The molecule has 10 heteroatoms. The molecule has 0 spiro atoms. The summed E-state index contributed by atoms with van der Waals surface area (Å²) in [5, 5.41) is 6.89. The van der Waals surface area contributed by atoms with E-state index in [4.69, 9.17) is 4.74 Å². The van der Waals surface area contributed by atoms with E-state index in [1.165, 1.54) is 27.7 Å². The lowest BCUT2D eigenvalue weighted by molar-refractivity contribution is -0.120. The van der Waals surface area contributed by atoms with E-state index < -0.39 is 16.1 Å². The van der Waals surface area contributed by atoms with Gasteiger partial charge in [0.2, 0.25) is 15.9 Å². The summed E-state index contributed by atoms with van der Waals surface area (Å²) >= 11 is 0. The third kappa shape index (κ3) is 4.59. The number of amides is 1. The number of anilines is 1. The van der Waals surface area contributed by atoms with E-state index in [-0.39, 0.29) is 22.5 Å². The first-order valence-electron chi connectivity index (χ1n) is 9.76. The van der Waals surface area contributed by atoms with Crippen LogP contribution in [0.25, 0.3) is 0 Å². The number of benzene rings is 1. The maximum absolute atomic E-state index is 13.1. The van der Waals surface area contributed by atoms with Gasteiger partial charge < -0.3 is 10.1 Å². The number of hydrogen-bond donors (Lipinski definition) is 1. The zero-order valence-electron chi connectivity index (χ0n) is 16.9. The fourth-order valence-electron chi connectivity index (χ4n) is 3.44. The maximum atomic E-state index is 13.1. The molecule has 1 aliphatic rings. The molecule has 1 N–H and O–H groups in total. The molecule has 9 nitrogen and oxygen atoms in total. The van der Waals surface area contributed by atoms with Crippen LogP contribution in [-0.4, -0.2) is 53.1 Å². The number of nitrogens with zero attached hydrogens (tertiary/aromatic N) is 4.